The lowest BCUT2D eigenvalue weighted by Gasteiger charge is -2.32. The van der Waals surface area contributed by atoms with Crippen LogP contribution in [0, 0.1) is 11.6 Å². The van der Waals surface area contributed by atoms with Gasteiger partial charge in [-0.3, -0.25) is 9.69 Å². The molecule has 1 aliphatic heterocycles. The van der Waals surface area contributed by atoms with Gasteiger partial charge in [-0.1, -0.05) is 6.07 Å². The fourth-order valence-corrected chi connectivity index (χ4v) is 2.16. The van der Waals surface area contributed by atoms with Crippen molar-refractivity contribution in [2.45, 2.75) is 12.2 Å². The van der Waals surface area contributed by atoms with E-state index >= 15 is 0 Å². The van der Waals surface area contributed by atoms with Gasteiger partial charge in [0.05, 0.1) is 12.7 Å². The molecule has 0 spiro atoms. The molecule has 1 aromatic rings. The van der Waals surface area contributed by atoms with E-state index in [1.54, 1.807) is 4.90 Å². The summed E-state index contributed by atoms with van der Waals surface area (Å²) in [6.45, 7) is 1.18. The van der Waals surface area contributed by atoms with Gasteiger partial charge in [0, 0.05) is 31.3 Å². The van der Waals surface area contributed by atoms with Gasteiger partial charge in [0.2, 0.25) is 5.91 Å². The summed E-state index contributed by atoms with van der Waals surface area (Å²) >= 11 is 0. The third-order valence-electron chi connectivity index (χ3n) is 3.22. The average molecular weight is 286 g/mol. The van der Waals surface area contributed by atoms with Crippen molar-refractivity contribution in [2.75, 3.05) is 26.2 Å². The minimum absolute atomic E-state index is 0.0218. The molecule has 0 radical (unpaired) electrons. The Hall–Kier alpha value is -1.57. The van der Waals surface area contributed by atoms with Crippen LogP contribution in [0.4, 0.5) is 8.78 Å². The van der Waals surface area contributed by atoms with Crippen molar-refractivity contribution in [1.82, 2.24) is 4.90 Å². The van der Waals surface area contributed by atoms with Crippen LogP contribution in [0.1, 0.15) is 11.7 Å². The van der Waals surface area contributed by atoms with Gasteiger partial charge >= 0.3 is 0 Å². The second-order valence-corrected chi connectivity index (χ2v) is 4.70. The lowest BCUT2D eigenvalue weighted by molar-refractivity contribution is -0.135. The lowest BCUT2D eigenvalue weighted by atomic mass is 10.1. The molecular formula is C13H16F2N2O3. The first-order valence-electron chi connectivity index (χ1n) is 6.23. The number of amides is 1. The number of rotatable bonds is 4. The molecule has 1 aliphatic rings. The summed E-state index contributed by atoms with van der Waals surface area (Å²) in [4.78, 5) is 12.8. The number of aliphatic hydroxyl groups excluding tert-OH is 1. The van der Waals surface area contributed by atoms with E-state index in [9.17, 15) is 18.7 Å². The minimum atomic E-state index is -1.11. The standard InChI is InChI=1S/C13H16F2N2O3/c14-8-1-2-9(10(15)5-8)11(18)6-17-3-4-20-12(7-17)13(16)19/h1-2,5,11-12,18H,3-4,6-7H2,(H2,16,19). The van der Waals surface area contributed by atoms with Crippen LogP contribution in [0.3, 0.4) is 0 Å². The maximum Gasteiger partial charge on any atom is 0.247 e. The summed E-state index contributed by atoms with van der Waals surface area (Å²) in [6.07, 6.45) is -1.84. The van der Waals surface area contributed by atoms with E-state index in [0.717, 1.165) is 12.1 Å². The fraction of sp³-hybridized carbons (Fsp3) is 0.462. The predicted octanol–water partition coefficient (Wildman–Crippen LogP) is 0.184. The molecular weight excluding hydrogens is 270 g/mol. The SMILES string of the molecule is NC(=O)C1CN(CC(O)c2ccc(F)cc2F)CCO1. The molecule has 5 nitrogen and oxygen atoms in total. The van der Waals surface area contributed by atoms with Crippen molar-refractivity contribution in [3.05, 3.63) is 35.4 Å². The van der Waals surface area contributed by atoms with Crippen LogP contribution in [0.25, 0.3) is 0 Å². The summed E-state index contributed by atoms with van der Waals surface area (Å²) in [5.74, 6) is -2.06. The topological polar surface area (TPSA) is 75.8 Å². The smallest absolute Gasteiger partial charge is 0.247 e. The Labute approximate surface area is 114 Å². The molecule has 3 N–H and O–H groups in total. The minimum Gasteiger partial charge on any atom is -0.387 e. The molecule has 0 aromatic heterocycles. The van der Waals surface area contributed by atoms with Gasteiger partial charge < -0.3 is 15.6 Å². The van der Waals surface area contributed by atoms with E-state index in [2.05, 4.69) is 0 Å². The summed E-state index contributed by atoms with van der Waals surface area (Å²) < 4.78 is 31.5. The fourth-order valence-electron chi connectivity index (χ4n) is 2.16. The van der Waals surface area contributed by atoms with Gasteiger partial charge in [-0.25, -0.2) is 8.78 Å². The van der Waals surface area contributed by atoms with E-state index in [1.165, 1.54) is 6.07 Å². The molecule has 1 saturated heterocycles. The molecule has 7 heteroatoms. The molecule has 0 saturated carbocycles. The quantitative estimate of drug-likeness (QED) is 0.828. The highest BCUT2D eigenvalue weighted by Gasteiger charge is 2.26. The molecule has 2 unspecified atom stereocenters. The van der Waals surface area contributed by atoms with Gasteiger partial charge in [-0.15, -0.1) is 0 Å². The van der Waals surface area contributed by atoms with Crippen LogP contribution >= 0.6 is 0 Å². The molecule has 1 aromatic carbocycles. The van der Waals surface area contributed by atoms with Gasteiger partial charge in [-0.2, -0.15) is 0 Å². The first-order valence-corrected chi connectivity index (χ1v) is 6.23. The molecule has 1 fully saturated rings. The normalized spacial score (nSPS) is 21.6. The van der Waals surface area contributed by atoms with Crippen molar-refractivity contribution < 1.29 is 23.4 Å². The number of ether oxygens (including phenoxy) is 1. The number of morpholine rings is 1. The Morgan fingerprint density at radius 1 is 1.55 bits per heavy atom. The summed E-state index contributed by atoms with van der Waals surface area (Å²) in [5.41, 5.74) is 5.18. The number of nitrogens with two attached hydrogens (primary N) is 1. The second-order valence-electron chi connectivity index (χ2n) is 4.70. The van der Waals surface area contributed by atoms with Crippen molar-refractivity contribution in [2.24, 2.45) is 5.73 Å². The second kappa shape index (κ2) is 6.25. The first kappa shape index (κ1) is 14.8. The van der Waals surface area contributed by atoms with Gasteiger partial charge in [-0.05, 0) is 6.07 Å². The van der Waals surface area contributed by atoms with Crippen LogP contribution in [0.2, 0.25) is 0 Å². The Bertz CT molecular complexity index is 499. The largest absolute Gasteiger partial charge is 0.387 e. The molecule has 1 amide bonds. The number of hydrogen-bond acceptors (Lipinski definition) is 4. The van der Waals surface area contributed by atoms with Crippen molar-refractivity contribution in [3.63, 3.8) is 0 Å². The zero-order chi connectivity index (χ0) is 14.7. The number of benzene rings is 1. The van der Waals surface area contributed by atoms with E-state index in [0.29, 0.717) is 13.2 Å². The van der Waals surface area contributed by atoms with Crippen LogP contribution < -0.4 is 5.73 Å². The van der Waals surface area contributed by atoms with Crippen molar-refractivity contribution in [1.29, 1.82) is 0 Å². The number of aliphatic hydroxyl groups is 1. The number of primary amides is 1. The summed E-state index contributed by atoms with van der Waals surface area (Å²) in [7, 11) is 0. The van der Waals surface area contributed by atoms with Crippen LogP contribution in [0.15, 0.2) is 18.2 Å². The lowest BCUT2D eigenvalue weighted by Crippen LogP contribution is -2.49. The van der Waals surface area contributed by atoms with Crippen LogP contribution in [-0.2, 0) is 9.53 Å². The molecule has 2 rings (SSSR count). The molecule has 0 bridgehead atoms. The first-order chi connectivity index (χ1) is 9.47. The maximum atomic E-state index is 13.5. The molecule has 2 atom stereocenters. The van der Waals surface area contributed by atoms with Crippen molar-refractivity contribution >= 4 is 5.91 Å². The zero-order valence-electron chi connectivity index (χ0n) is 10.8. The number of halogens is 2. The maximum absolute atomic E-state index is 13.5. The third kappa shape index (κ3) is 3.50. The Balaban J connectivity index is 2.00. The highest BCUT2D eigenvalue weighted by atomic mass is 19.1. The number of β-amino-alcohol motifs (C(OH)–C–C–N with tert-alkyl or cyclic N) is 1. The van der Waals surface area contributed by atoms with Gasteiger partial charge in [0.25, 0.3) is 0 Å². The third-order valence-corrected chi connectivity index (χ3v) is 3.22. The Morgan fingerprint density at radius 2 is 2.30 bits per heavy atom. The van der Waals surface area contributed by atoms with E-state index in [4.69, 9.17) is 10.5 Å². The highest BCUT2D eigenvalue weighted by molar-refractivity contribution is 5.79. The molecule has 20 heavy (non-hydrogen) atoms. The van der Waals surface area contributed by atoms with E-state index < -0.39 is 29.7 Å². The Morgan fingerprint density at radius 3 is 2.95 bits per heavy atom. The number of carbonyl (C=O) groups excluding carboxylic acids is 1. The molecule has 110 valence electrons. The number of hydrogen-bond donors (Lipinski definition) is 2. The monoisotopic (exact) mass is 286 g/mol. The highest BCUT2D eigenvalue weighted by Crippen LogP contribution is 2.20. The van der Waals surface area contributed by atoms with Gasteiger partial charge in [0.1, 0.15) is 17.7 Å². The molecule has 0 aliphatic carbocycles. The Kier molecular flexibility index (Phi) is 4.64. The van der Waals surface area contributed by atoms with E-state index in [-0.39, 0.29) is 18.7 Å². The number of nitrogens with zero attached hydrogens (tertiary/aromatic N) is 1. The van der Waals surface area contributed by atoms with Crippen LogP contribution in [0.5, 0.6) is 0 Å². The van der Waals surface area contributed by atoms with Gasteiger partial charge in [0.15, 0.2) is 0 Å². The average Bonchev–Trinajstić information content (AvgIpc) is 2.38. The summed E-state index contributed by atoms with van der Waals surface area (Å²) in [5, 5.41) is 10.0. The zero-order valence-corrected chi connectivity index (χ0v) is 10.8. The van der Waals surface area contributed by atoms with E-state index in [1.807, 2.05) is 0 Å². The van der Waals surface area contributed by atoms with Crippen molar-refractivity contribution in [3.8, 4) is 0 Å². The van der Waals surface area contributed by atoms with Crippen LogP contribution in [-0.4, -0.2) is 48.3 Å². The predicted molar refractivity (Wildman–Crippen MR) is 66.7 cm³/mol. The summed E-state index contributed by atoms with van der Waals surface area (Å²) in [6, 6.07) is 3.03. The molecule has 1 heterocycles. The number of carbonyl (C=O) groups is 1.